The first-order valence-electron chi connectivity index (χ1n) is 7.48. The molecule has 1 aliphatic heterocycles. The monoisotopic (exact) mass is 301 g/mol. The van der Waals surface area contributed by atoms with E-state index in [1.807, 2.05) is 31.2 Å². The Morgan fingerprint density at radius 2 is 2.09 bits per heavy atom. The van der Waals surface area contributed by atoms with Crippen molar-refractivity contribution in [3.05, 3.63) is 65.0 Å². The SMILES string of the molecule is Cc1cc(F)ccc1CNC1(CO)CCOc2ccccc21. The highest BCUT2D eigenvalue weighted by molar-refractivity contribution is 5.41. The van der Waals surface area contributed by atoms with Gasteiger partial charge in [0, 0.05) is 18.5 Å². The van der Waals surface area contributed by atoms with E-state index in [9.17, 15) is 9.50 Å². The molecule has 2 aromatic carbocycles. The maximum atomic E-state index is 13.2. The molecule has 0 saturated carbocycles. The predicted molar refractivity (Wildman–Crippen MR) is 83.3 cm³/mol. The highest BCUT2D eigenvalue weighted by Crippen LogP contribution is 2.36. The van der Waals surface area contributed by atoms with Gasteiger partial charge in [0.25, 0.3) is 0 Å². The summed E-state index contributed by atoms with van der Waals surface area (Å²) < 4.78 is 18.9. The molecule has 0 bridgehead atoms. The fraction of sp³-hybridized carbons (Fsp3) is 0.333. The highest BCUT2D eigenvalue weighted by atomic mass is 19.1. The molecule has 116 valence electrons. The topological polar surface area (TPSA) is 41.5 Å². The van der Waals surface area contributed by atoms with Crippen molar-refractivity contribution in [1.82, 2.24) is 5.32 Å². The normalized spacial score (nSPS) is 20.3. The molecule has 22 heavy (non-hydrogen) atoms. The van der Waals surface area contributed by atoms with Gasteiger partial charge in [-0.15, -0.1) is 0 Å². The minimum Gasteiger partial charge on any atom is -0.493 e. The lowest BCUT2D eigenvalue weighted by Gasteiger charge is -2.38. The summed E-state index contributed by atoms with van der Waals surface area (Å²) in [6.07, 6.45) is 0.695. The van der Waals surface area contributed by atoms with Crippen LogP contribution in [0, 0.1) is 12.7 Å². The minimum atomic E-state index is -0.518. The van der Waals surface area contributed by atoms with Crippen LogP contribution in [0.3, 0.4) is 0 Å². The standard InChI is InChI=1S/C18H20FNO2/c1-13-10-15(19)7-6-14(13)11-20-18(12-21)8-9-22-17-5-3-2-4-16(17)18/h2-7,10,20-21H,8-9,11-12H2,1H3. The van der Waals surface area contributed by atoms with E-state index in [-0.39, 0.29) is 12.4 Å². The lowest BCUT2D eigenvalue weighted by molar-refractivity contribution is 0.106. The van der Waals surface area contributed by atoms with Crippen molar-refractivity contribution in [3.63, 3.8) is 0 Å². The number of ether oxygens (including phenoxy) is 1. The van der Waals surface area contributed by atoms with Gasteiger partial charge >= 0.3 is 0 Å². The zero-order valence-electron chi connectivity index (χ0n) is 12.6. The van der Waals surface area contributed by atoms with Gasteiger partial charge in [-0.2, -0.15) is 0 Å². The van der Waals surface area contributed by atoms with Gasteiger partial charge < -0.3 is 15.2 Å². The first-order valence-corrected chi connectivity index (χ1v) is 7.48. The molecule has 1 aliphatic rings. The third-order valence-corrected chi connectivity index (χ3v) is 4.38. The van der Waals surface area contributed by atoms with Crippen LogP contribution >= 0.6 is 0 Å². The Labute approximate surface area is 129 Å². The van der Waals surface area contributed by atoms with Crippen LogP contribution in [-0.4, -0.2) is 18.3 Å². The van der Waals surface area contributed by atoms with Crippen molar-refractivity contribution in [2.24, 2.45) is 0 Å². The van der Waals surface area contributed by atoms with E-state index in [2.05, 4.69) is 5.32 Å². The van der Waals surface area contributed by atoms with Crippen LogP contribution in [0.5, 0.6) is 5.75 Å². The fourth-order valence-corrected chi connectivity index (χ4v) is 2.98. The number of aliphatic hydroxyl groups excluding tert-OH is 1. The van der Waals surface area contributed by atoms with Gasteiger partial charge in [-0.25, -0.2) is 4.39 Å². The van der Waals surface area contributed by atoms with Gasteiger partial charge in [-0.05, 0) is 36.2 Å². The number of hydrogen-bond acceptors (Lipinski definition) is 3. The van der Waals surface area contributed by atoms with Crippen molar-refractivity contribution in [2.75, 3.05) is 13.2 Å². The second kappa shape index (κ2) is 6.07. The van der Waals surface area contributed by atoms with E-state index in [0.717, 1.165) is 22.4 Å². The summed E-state index contributed by atoms with van der Waals surface area (Å²) in [5.74, 6) is 0.584. The van der Waals surface area contributed by atoms with E-state index in [4.69, 9.17) is 4.74 Å². The molecular formula is C18H20FNO2. The first-order chi connectivity index (χ1) is 10.6. The van der Waals surface area contributed by atoms with E-state index in [1.54, 1.807) is 6.07 Å². The molecule has 1 atom stereocenters. The minimum absolute atomic E-state index is 0.00633. The number of para-hydroxylation sites is 1. The molecule has 0 saturated heterocycles. The third kappa shape index (κ3) is 2.72. The zero-order chi connectivity index (χ0) is 15.6. The van der Waals surface area contributed by atoms with Gasteiger partial charge in [0.05, 0.1) is 18.8 Å². The molecule has 1 unspecified atom stereocenters. The van der Waals surface area contributed by atoms with Gasteiger partial charge in [-0.1, -0.05) is 24.3 Å². The number of fused-ring (bicyclic) bond motifs is 1. The van der Waals surface area contributed by atoms with Crippen LogP contribution < -0.4 is 10.1 Å². The molecule has 2 aromatic rings. The first kappa shape index (κ1) is 15.0. The summed E-state index contributed by atoms with van der Waals surface area (Å²) in [6.45, 7) is 3.02. The fourth-order valence-electron chi connectivity index (χ4n) is 2.98. The Hall–Kier alpha value is -1.91. The summed E-state index contributed by atoms with van der Waals surface area (Å²) in [6, 6.07) is 12.6. The number of aryl methyl sites for hydroxylation is 1. The lowest BCUT2D eigenvalue weighted by atomic mass is 9.85. The number of hydrogen-bond donors (Lipinski definition) is 2. The molecule has 3 rings (SSSR count). The summed E-state index contributed by atoms with van der Waals surface area (Å²) >= 11 is 0. The predicted octanol–water partition coefficient (Wildman–Crippen LogP) is 2.89. The van der Waals surface area contributed by atoms with Gasteiger partial charge in [0.2, 0.25) is 0 Å². The molecule has 2 N–H and O–H groups in total. The van der Waals surface area contributed by atoms with Crippen molar-refractivity contribution < 1.29 is 14.2 Å². The molecule has 0 amide bonds. The Morgan fingerprint density at radius 1 is 1.27 bits per heavy atom. The Morgan fingerprint density at radius 3 is 2.86 bits per heavy atom. The molecule has 0 aliphatic carbocycles. The Kier molecular flexibility index (Phi) is 4.14. The maximum absolute atomic E-state index is 13.2. The maximum Gasteiger partial charge on any atom is 0.124 e. The number of benzene rings is 2. The van der Waals surface area contributed by atoms with Crippen molar-refractivity contribution >= 4 is 0 Å². The van der Waals surface area contributed by atoms with Crippen molar-refractivity contribution in [3.8, 4) is 5.75 Å². The van der Waals surface area contributed by atoms with Gasteiger partial charge in [0.1, 0.15) is 11.6 Å². The molecule has 0 spiro atoms. The highest BCUT2D eigenvalue weighted by Gasteiger charge is 2.36. The van der Waals surface area contributed by atoms with Gasteiger partial charge in [0.15, 0.2) is 0 Å². The summed E-state index contributed by atoms with van der Waals surface area (Å²) in [5.41, 5.74) is 2.39. The molecule has 1 heterocycles. The van der Waals surface area contributed by atoms with E-state index < -0.39 is 5.54 Å². The molecule has 4 heteroatoms. The molecule has 0 fully saturated rings. The van der Waals surface area contributed by atoms with Crippen molar-refractivity contribution in [2.45, 2.75) is 25.4 Å². The molecule has 0 aromatic heterocycles. The van der Waals surface area contributed by atoms with Crippen LogP contribution in [0.1, 0.15) is 23.1 Å². The van der Waals surface area contributed by atoms with Crippen LogP contribution in [-0.2, 0) is 12.1 Å². The Bertz CT molecular complexity index is 674. The number of aliphatic hydroxyl groups is 1. The molecule has 0 radical (unpaired) electrons. The molecular weight excluding hydrogens is 281 g/mol. The van der Waals surface area contributed by atoms with Crippen LogP contribution in [0.15, 0.2) is 42.5 Å². The average Bonchev–Trinajstić information content (AvgIpc) is 2.54. The van der Waals surface area contributed by atoms with Crippen LogP contribution in [0.2, 0.25) is 0 Å². The third-order valence-electron chi connectivity index (χ3n) is 4.38. The summed E-state index contributed by atoms with van der Waals surface area (Å²) in [5, 5.41) is 13.5. The van der Waals surface area contributed by atoms with Gasteiger partial charge in [-0.3, -0.25) is 0 Å². The second-order valence-corrected chi connectivity index (χ2v) is 5.76. The largest absolute Gasteiger partial charge is 0.493 e. The Balaban J connectivity index is 1.86. The number of halogens is 1. The molecule has 3 nitrogen and oxygen atoms in total. The number of rotatable bonds is 4. The van der Waals surface area contributed by atoms with Crippen molar-refractivity contribution in [1.29, 1.82) is 0 Å². The van der Waals surface area contributed by atoms with E-state index >= 15 is 0 Å². The van der Waals surface area contributed by atoms with Crippen LogP contribution in [0.25, 0.3) is 0 Å². The van der Waals surface area contributed by atoms with E-state index in [1.165, 1.54) is 12.1 Å². The van der Waals surface area contributed by atoms with E-state index in [0.29, 0.717) is 19.6 Å². The zero-order valence-corrected chi connectivity index (χ0v) is 12.6. The average molecular weight is 301 g/mol. The second-order valence-electron chi connectivity index (χ2n) is 5.76. The summed E-state index contributed by atoms with van der Waals surface area (Å²) in [7, 11) is 0. The smallest absolute Gasteiger partial charge is 0.124 e. The number of nitrogens with one attached hydrogen (secondary N) is 1. The lowest BCUT2D eigenvalue weighted by Crippen LogP contribution is -2.48. The quantitative estimate of drug-likeness (QED) is 0.912. The summed E-state index contributed by atoms with van der Waals surface area (Å²) in [4.78, 5) is 0. The van der Waals surface area contributed by atoms with Crippen LogP contribution in [0.4, 0.5) is 4.39 Å².